The van der Waals surface area contributed by atoms with E-state index in [1.165, 1.54) is 23.1 Å². The third-order valence-corrected chi connectivity index (χ3v) is 8.79. The quantitative estimate of drug-likeness (QED) is 0.296. The van der Waals surface area contributed by atoms with E-state index in [9.17, 15) is 14.9 Å². The summed E-state index contributed by atoms with van der Waals surface area (Å²) in [6.45, 7) is 5.88. The molecule has 1 aromatic carbocycles. The van der Waals surface area contributed by atoms with Crippen molar-refractivity contribution in [2.24, 2.45) is 11.1 Å². The zero-order valence-corrected chi connectivity index (χ0v) is 23.6. The molecule has 0 fully saturated rings. The number of benzene rings is 1. The number of Topliss-reactive ketones (excluding diaryl/α,β-unsaturated/α-hetero) is 2. The molecule has 1 aliphatic heterocycles. The van der Waals surface area contributed by atoms with E-state index in [-0.39, 0.29) is 34.1 Å². The minimum absolute atomic E-state index is 0.0465. The summed E-state index contributed by atoms with van der Waals surface area (Å²) < 4.78 is 11.6. The van der Waals surface area contributed by atoms with Crippen molar-refractivity contribution in [3.05, 3.63) is 76.1 Å². The van der Waals surface area contributed by atoms with Crippen LogP contribution >= 0.6 is 23.1 Å². The fraction of sp³-hybridized carbons (Fsp3) is 0.321. The summed E-state index contributed by atoms with van der Waals surface area (Å²) in [5, 5.41) is 19.2. The standard InChI is InChI=1S/C28H27N5O4S2/c1-15-5-10-22(37-15)23-18(13-29)25(30)33(19-11-28(2,3)12-20(34)24(19)23)26-31-32-27(39-26)38-14-21(35)16-6-8-17(36-4)9-7-16/h5-10,23H,11-12,14,30H2,1-4H3. The monoisotopic (exact) mass is 561 g/mol. The summed E-state index contributed by atoms with van der Waals surface area (Å²) >= 11 is 2.53. The number of rotatable bonds is 7. The van der Waals surface area contributed by atoms with Crippen molar-refractivity contribution in [3.63, 3.8) is 0 Å². The van der Waals surface area contributed by atoms with Gasteiger partial charge in [0.2, 0.25) is 5.13 Å². The second kappa shape index (κ2) is 10.4. The van der Waals surface area contributed by atoms with Crippen LogP contribution in [0.2, 0.25) is 0 Å². The second-order valence-electron chi connectivity index (χ2n) is 10.2. The van der Waals surface area contributed by atoms with Crippen molar-refractivity contribution in [2.45, 2.75) is 43.9 Å². The van der Waals surface area contributed by atoms with Crippen molar-refractivity contribution in [2.75, 3.05) is 17.8 Å². The maximum atomic E-state index is 13.6. The Morgan fingerprint density at radius 2 is 2.00 bits per heavy atom. The molecular formula is C28H27N5O4S2. The first-order chi connectivity index (χ1) is 18.6. The lowest BCUT2D eigenvalue weighted by atomic mass is 9.69. The number of nitrogens with zero attached hydrogens (tertiary/aromatic N) is 4. The topological polar surface area (TPSA) is 135 Å². The van der Waals surface area contributed by atoms with E-state index in [4.69, 9.17) is 14.9 Å². The number of hydrogen-bond acceptors (Lipinski definition) is 11. The summed E-state index contributed by atoms with van der Waals surface area (Å²) in [5.41, 5.74) is 8.34. The molecule has 0 saturated heterocycles. The Labute approximate surface area is 234 Å². The van der Waals surface area contributed by atoms with Gasteiger partial charge < -0.3 is 14.9 Å². The Kier molecular flexibility index (Phi) is 7.09. The number of hydrogen-bond donors (Lipinski definition) is 1. The van der Waals surface area contributed by atoms with Crippen molar-refractivity contribution in [3.8, 4) is 11.8 Å². The molecule has 3 aromatic rings. The molecule has 1 aliphatic carbocycles. The van der Waals surface area contributed by atoms with Gasteiger partial charge in [0.05, 0.1) is 30.4 Å². The lowest BCUT2D eigenvalue weighted by Gasteiger charge is -2.42. The molecule has 2 N–H and O–H groups in total. The molecule has 0 bridgehead atoms. The molecule has 2 aliphatic rings. The minimum atomic E-state index is -0.678. The van der Waals surface area contributed by atoms with Gasteiger partial charge in [-0.3, -0.25) is 14.5 Å². The first-order valence-corrected chi connectivity index (χ1v) is 14.1. The number of ether oxygens (including phenoxy) is 1. The number of methoxy groups -OCH3 is 1. The summed E-state index contributed by atoms with van der Waals surface area (Å²) in [5.74, 6) is 1.47. The van der Waals surface area contributed by atoms with E-state index < -0.39 is 5.92 Å². The lowest BCUT2D eigenvalue weighted by Crippen LogP contribution is -2.42. The lowest BCUT2D eigenvalue weighted by molar-refractivity contribution is -0.118. The molecule has 1 atom stereocenters. The fourth-order valence-corrected chi connectivity index (χ4v) is 6.73. The van der Waals surface area contributed by atoms with Gasteiger partial charge >= 0.3 is 0 Å². The van der Waals surface area contributed by atoms with Gasteiger partial charge in [-0.25, -0.2) is 0 Å². The number of carbonyl (C=O) groups excluding carboxylic acids is 2. The van der Waals surface area contributed by atoms with Gasteiger partial charge in [-0.1, -0.05) is 36.9 Å². The Bertz CT molecular complexity index is 1560. The number of allylic oxidation sites excluding steroid dienone is 3. The third kappa shape index (κ3) is 5.10. The Hall–Kier alpha value is -3.88. The molecule has 200 valence electrons. The van der Waals surface area contributed by atoms with Crippen LogP contribution in [0.1, 0.15) is 54.5 Å². The second-order valence-corrected chi connectivity index (χ2v) is 12.4. The van der Waals surface area contributed by atoms with Crippen LogP contribution in [0.15, 0.2) is 67.8 Å². The van der Waals surface area contributed by atoms with Crippen molar-refractivity contribution in [1.82, 2.24) is 10.2 Å². The zero-order valence-electron chi connectivity index (χ0n) is 22.0. The SMILES string of the molecule is COc1ccc(C(=O)CSc2nnc(N3C(N)=C(C#N)C(c4ccc(C)o4)C4=C3CC(C)(C)CC4=O)s2)cc1. The zero-order chi connectivity index (χ0) is 27.9. The average Bonchev–Trinajstić information content (AvgIpc) is 3.55. The maximum Gasteiger partial charge on any atom is 0.219 e. The summed E-state index contributed by atoms with van der Waals surface area (Å²) in [4.78, 5) is 27.9. The highest BCUT2D eigenvalue weighted by molar-refractivity contribution is 8.01. The number of furan rings is 1. The molecule has 0 amide bonds. The summed E-state index contributed by atoms with van der Waals surface area (Å²) in [6.07, 6.45) is 0.904. The van der Waals surface area contributed by atoms with Crippen molar-refractivity contribution in [1.29, 1.82) is 5.26 Å². The first-order valence-electron chi connectivity index (χ1n) is 12.3. The molecule has 0 saturated carbocycles. The average molecular weight is 562 g/mol. The number of aromatic nitrogens is 2. The number of nitriles is 1. The molecule has 9 nitrogen and oxygen atoms in total. The molecule has 1 unspecified atom stereocenters. The number of anilines is 1. The first kappa shape index (κ1) is 26.7. The number of nitrogens with two attached hydrogens (primary N) is 1. The molecule has 11 heteroatoms. The van der Waals surface area contributed by atoms with E-state index in [0.29, 0.717) is 56.4 Å². The summed E-state index contributed by atoms with van der Waals surface area (Å²) in [6, 6.07) is 12.8. The fourth-order valence-electron chi connectivity index (χ4n) is 4.96. The van der Waals surface area contributed by atoms with Crippen LogP contribution in [0.4, 0.5) is 5.13 Å². The minimum Gasteiger partial charge on any atom is -0.497 e. The summed E-state index contributed by atoms with van der Waals surface area (Å²) in [7, 11) is 1.57. The maximum absolute atomic E-state index is 13.6. The molecule has 5 rings (SSSR count). The van der Waals surface area contributed by atoms with Crippen LogP contribution in [0, 0.1) is 23.7 Å². The highest BCUT2D eigenvalue weighted by Crippen LogP contribution is 2.51. The van der Waals surface area contributed by atoms with E-state index in [1.807, 2.05) is 26.8 Å². The van der Waals surface area contributed by atoms with Crippen LogP contribution < -0.4 is 15.4 Å². The van der Waals surface area contributed by atoms with Crippen LogP contribution in [0.5, 0.6) is 5.75 Å². The Morgan fingerprint density at radius 3 is 2.64 bits per heavy atom. The predicted octanol–water partition coefficient (Wildman–Crippen LogP) is 5.36. The van der Waals surface area contributed by atoms with E-state index in [0.717, 1.165) is 0 Å². The molecule has 0 spiro atoms. The van der Waals surface area contributed by atoms with Gasteiger partial charge in [0, 0.05) is 23.3 Å². The molecule has 0 radical (unpaired) electrons. The number of ketones is 2. The van der Waals surface area contributed by atoms with Gasteiger partial charge in [-0.2, -0.15) is 5.26 Å². The molecular weight excluding hydrogens is 534 g/mol. The Balaban J connectivity index is 1.48. The van der Waals surface area contributed by atoms with Gasteiger partial charge in [-0.05, 0) is 55.2 Å². The van der Waals surface area contributed by atoms with Crippen LogP contribution in [0.25, 0.3) is 0 Å². The largest absolute Gasteiger partial charge is 0.497 e. The van der Waals surface area contributed by atoms with Crippen LogP contribution in [-0.2, 0) is 4.79 Å². The van der Waals surface area contributed by atoms with Crippen LogP contribution in [0.3, 0.4) is 0 Å². The van der Waals surface area contributed by atoms with Gasteiger partial charge in [0.25, 0.3) is 0 Å². The third-order valence-electron chi connectivity index (χ3n) is 6.75. The normalized spacial score (nSPS) is 18.7. The predicted molar refractivity (Wildman–Crippen MR) is 148 cm³/mol. The van der Waals surface area contributed by atoms with Gasteiger partial charge in [-0.15, -0.1) is 10.2 Å². The van der Waals surface area contributed by atoms with E-state index in [1.54, 1.807) is 42.3 Å². The van der Waals surface area contributed by atoms with Crippen molar-refractivity contribution < 1.29 is 18.7 Å². The highest BCUT2D eigenvalue weighted by Gasteiger charge is 2.46. The van der Waals surface area contributed by atoms with Crippen molar-refractivity contribution >= 4 is 39.8 Å². The number of aryl methyl sites for hydroxylation is 1. The highest BCUT2D eigenvalue weighted by atomic mass is 32.2. The Morgan fingerprint density at radius 1 is 1.26 bits per heavy atom. The van der Waals surface area contributed by atoms with E-state index in [2.05, 4.69) is 16.3 Å². The molecule has 3 heterocycles. The smallest absolute Gasteiger partial charge is 0.219 e. The number of thioether (sulfide) groups is 1. The molecule has 2 aromatic heterocycles. The number of carbonyl (C=O) groups is 2. The van der Waals surface area contributed by atoms with Gasteiger partial charge in [0.1, 0.15) is 23.1 Å². The van der Waals surface area contributed by atoms with Gasteiger partial charge in [0.15, 0.2) is 15.9 Å². The van der Waals surface area contributed by atoms with E-state index >= 15 is 0 Å². The molecule has 39 heavy (non-hydrogen) atoms. The van der Waals surface area contributed by atoms with Crippen LogP contribution in [-0.4, -0.2) is 34.6 Å².